The molecule has 1 fully saturated rings. The number of esters is 1. The fourth-order valence-corrected chi connectivity index (χ4v) is 5.92. The molecule has 3 heterocycles. The van der Waals surface area contributed by atoms with E-state index in [4.69, 9.17) is 14.5 Å². The van der Waals surface area contributed by atoms with Gasteiger partial charge in [0.1, 0.15) is 10.1 Å². The summed E-state index contributed by atoms with van der Waals surface area (Å²) in [6.45, 7) is 3.00. The van der Waals surface area contributed by atoms with E-state index in [1.165, 1.54) is 29.3 Å². The normalized spacial score (nSPS) is 20.5. The summed E-state index contributed by atoms with van der Waals surface area (Å²) in [5.41, 5.74) is 1.19. The fraction of sp³-hybridized carbons (Fsp3) is 0.611. The smallest absolute Gasteiger partial charge is 0.318 e. The lowest BCUT2D eigenvalue weighted by Crippen LogP contribution is -2.29. The van der Waals surface area contributed by atoms with Crippen LogP contribution in [0.1, 0.15) is 36.6 Å². The number of methoxy groups -OCH3 is 1. The van der Waals surface area contributed by atoms with Crippen LogP contribution in [-0.2, 0) is 33.7 Å². The number of carbonyl (C=O) groups is 1. The second-order valence-electron chi connectivity index (χ2n) is 6.77. The van der Waals surface area contributed by atoms with Crippen LogP contribution in [0.5, 0.6) is 0 Å². The van der Waals surface area contributed by atoms with E-state index < -0.39 is 5.25 Å². The van der Waals surface area contributed by atoms with Crippen LogP contribution in [0, 0.1) is 0 Å². The summed E-state index contributed by atoms with van der Waals surface area (Å²) in [5, 5.41) is 0.929. The largest absolute Gasteiger partial charge is 0.468 e. The molecular formula is C18H22N2O4S2. The van der Waals surface area contributed by atoms with E-state index >= 15 is 0 Å². The molecule has 1 aliphatic heterocycles. The highest BCUT2D eigenvalue weighted by atomic mass is 32.2. The lowest BCUT2D eigenvalue weighted by Gasteiger charge is -2.17. The molecule has 140 valence electrons. The summed E-state index contributed by atoms with van der Waals surface area (Å²) in [5.74, 6) is -0.318. The number of aromatic nitrogens is 2. The zero-order valence-electron chi connectivity index (χ0n) is 14.9. The average molecular weight is 395 g/mol. The van der Waals surface area contributed by atoms with Crippen molar-refractivity contribution in [2.24, 2.45) is 0 Å². The lowest BCUT2D eigenvalue weighted by atomic mass is 10.2. The van der Waals surface area contributed by atoms with Crippen LogP contribution < -0.4 is 5.56 Å². The number of hydrogen-bond acceptors (Lipinski definition) is 7. The molecule has 26 heavy (non-hydrogen) atoms. The molecule has 0 amide bonds. The highest BCUT2D eigenvalue weighted by Crippen LogP contribution is 2.36. The minimum atomic E-state index is -0.424. The van der Waals surface area contributed by atoms with E-state index in [9.17, 15) is 9.59 Å². The molecule has 0 radical (unpaired) electrons. The number of fused-ring (bicyclic) bond motifs is 3. The first-order valence-corrected chi connectivity index (χ1v) is 10.7. The van der Waals surface area contributed by atoms with Crippen LogP contribution in [0.3, 0.4) is 0 Å². The van der Waals surface area contributed by atoms with Crippen molar-refractivity contribution in [3.63, 3.8) is 0 Å². The maximum Gasteiger partial charge on any atom is 0.318 e. The molecule has 2 aromatic rings. The standard InChI is InChI=1S/C18H22N2O4S2/c1-10(17(22)23-2)25-18-19-15-14(12-6-3-7-13(12)26-15)16(21)20(18)9-11-5-4-8-24-11/h10-11H,3-9H2,1-2H3/t10-,11-/m1/s1. The lowest BCUT2D eigenvalue weighted by molar-refractivity contribution is -0.139. The quantitative estimate of drug-likeness (QED) is 0.441. The Labute approximate surface area is 159 Å². The summed E-state index contributed by atoms with van der Waals surface area (Å²) in [4.78, 5) is 32.0. The van der Waals surface area contributed by atoms with Crippen molar-refractivity contribution >= 4 is 39.3 Å². The monoisotopic (exact) mass is 394 g/mol. The van der Waals surface area contributed by atoms with Crippen molar-refractivity contribution in [1.29, 1.82) is 0 Å². The molecule has 2 aromatic heterocycles. The SMILES string of the molecule is COC(=O)[C@@H](C)Sc1nc2sc3c(c2c(=O)n1C[C@H]1CCCO1)CCC3. The minimum Gasteiger partial charge on any atom is -0.468 e. The molecule has 0 N–H and O–H groups in total. The maximum absolute atomic E-state index is 13.3. The second-order valence-corrected chi connectivity index (χ2v) is 9.16. The fourth-order valence-electron chi connectivity index (χ4n) is 3.67. The van der Waals surface area contributed by atoms with Gasteiger partial charge in [0.25, 0.3) is 5.56 Å². The Balaban J connectivity index is 1.79. The van der Waals surface area contributed by atoms with E-state index in [2.05, 4.69) is 0 Å². The number of aryl methyl sites for hydroxylation is 2. The number of hydrogen-bond donors (Lipinski definition) is 0. The summed E-state index contributed by atoms with van der Waals surface area (Å²) in [7, 11) is 1.37. The van der Waals surface area contributed by atoms with Gasteiger partial charge in [0, 0.05) is 11.5 Å². The van der Waals surface area contributed by atoms with Gasteiger partial charge in [-0.2, -0.15) is 0 Å². The molecule has 2 aliphatic rings. The first kappa shape index (κ1) is 18.0. The Morgan fingerprint density at radius 2 is 2.31 bits per heavy atom. The average Bonchev–Trinajstić information content (AvgIpc) is 3.34. The van der Waals surface area contributed by atoms with E-state index in [1.54, 1.807) is 22.8 Å². The third kappa shape index (κ3) is 3.18. The van der Waals surface area contributed by atoms with Gasteiger partial charge in [-0.3, -0.25) is 14.2 Å². The zero-order valence-corrected chi connectivity index (χ0v) is 16.6. The molecule has 0 spiro atoms. The van der Waals surface area contributed by atoms with E-state index in [0.717, 1.165) is 48.9 Å². The molecule has 0 saturated carbocycles. The summed E-state index contributed by atoms with van der Waals surface area (Å²) in [6.07, 6.45) is 5.09. The molecule has 8 heteroatoms. The van der Waals surface area contributed by atoms with Crippen LogP contribution in [0.2, 0.25) is 0 Å². The third-order valence-electron chi connectivity index (χ3n) is 5.02. The highest BCUT2D eigenvalue weighted by molar-refractivity contribution is 8.00. The Kier molecular flexibility index (Phi) is 5.07. The Bertz CT molecular complexity index is 899. The van der Waals surface area contributed by atoms with Crippen LogP contribution in [0.4, 0.5) is 0 Å². The van der Waals surface area contributed by atoms with Gasteiger partial charge in [0.05, 0.1) is 25.1 Å². The number of rotatable bonds is 5. The molecule has 6 nitrogen and oxygen atoms in total. The molecular weight excluding hydrogens is 372 g/mol. The maximum atomic E-state index is 13.3. The first-order valence-electron chi connectivity index (χ1n) is 8.99. The number of carbonyl (C=O) groups excluding carboxylic acids is 1. The van der Waals surface area contributed by atoms with Crippen molar-refractivity contribution in [2.45, 2.75) is 62.1 Å². The van der Waals surface area contributed by atoms with Crippen molar-refractivity contribution in [1.82, 2.24) is 9.55 Å². The third-order valence-corrected chi connectivity index (χ3v) is 7.27. The van der Waals surface area contributed by atoms with E-state index in [1.807, 2.05) is 0 Å². The van der Waals surface area contributed by atoms with Gasteiger partial charge < -0.3 is 9.47 Å². The van der Waals surface area contributed by atoms with Gasteiger partial charge in [-0.05, 0) is 44.6 Å². The van der Waals surface area contributed by atoms with Crippen LogP contribution in [0.25, 0.3) is 10.2 Å². The van der Waals surface area contributed by atoms with Crippen LogP contribution >= 0.6 is 23.1 Å². The number of ether oxygens (including phenoxy) is 2. The molecule has 1 aliphatic carbocycles. The first-order chi connectivity index (χ1) is 12.6. The predicted octanol–water partition coefficient (Wildman–Crippen LogP) is 2.78. The van der Waals surface area contributed by atoms with Gasteiger partial charge in [0.15, 0.2) is 5.16 Å². The molecule has 0 unspecified atom stereocenters. The van der Waals surface area contributed by atoms with Gasteiger partial charge >= 0.3 is 5.97 Å². The zero-order chi connectivity index (χ0) is 18.3. The molecule has 0 bridgehead atoms. The molecule has 4 rings (SSSR count). The highest BCUT2D eigenvalue weighted by Gasteiger charge is 2.27. The van der Waals surface area contributed by atoms with Gasteiger partial charge in [-0.1, -0.05) is 11.8 Å². The number of thiophene rings is 1. The summed E-state index contributed by atoms with van der Waals surface area (Å²) < 4.78 is 12.3. The minimum absolute atomic E-state index is 0.00414. The van der Waals surface area contributed by atoms with Gasteiger partial charge in [0.2, 0.25) is 0 Å². The van der Waals surface area contributed by atoms with Crippen molar-refractivity contribution in [2.75, 3.05) is 13.7 Å². The number of nitrogens with zero attached hydrogens (tertiary/aromatic N) is 2. The van der Waals surface area contributed by atoms with E-state index in [-0.39, 0.29) is 17.6 Å². The molecule has 1 saturated heterocycles. The van der Waals surface area contributed by atoms with Crippen molar-refractivity contribution in [3.05, 3.63) is 20.8 Å². The molecule has 2 atom stereocenters. The van der Waals surface area contributed by atoms with Crippen molar-refractivity contribution < 1.29 is 14.3 Å². The van der Waals surface area contributed by atoms with Gasteiger partial charge in [-0.15, -0.1) is 11.3 Å². The second kappa shape index (κ2) is 7.32. The van der Waals surface area contributed by atoms with Crippen LogP contribution in [0.15, 0.2) is 9.95 Å². The summed E-state index contributed by atoms with van der Waals surface area (Å²) >= 11 is 2.91. The number of thioether (sulfide) groups is 1. The Morgan fingerprint density at radius 3 is 3.04 bits per heavy atom. The van der Waals surface area contributed by atoms with Gasteiger partial charge in [-0.25, -0.2) is 4.98 Å². The van der Waals surface area contributed by atoms with E-state index in [0.29, 0.717) is 11.7 Å². The van der Waals surface area contributed by atoms with Crippen LogP contribution in [-0.4, -0.2) is 40.6 Å². The Morgan fingerprint density at radius 1 is 1.46 bits per heavy atom. The topological polar surface area (TPSA) is 70.4 Å². The van der Waals surface area contributed by atoms with Crippen molar-refractivity contribution in [3.8, 4) is 0 Å². The summed E-state index contributed by atoms with van der Waals surface area (Å²) in [6, 6.07) is 0. The predicted molar refractivity (Wildman–Crippen MR) is 102 cm³/mol. The molecule has 0 aromatic carbocycles. The Hall–Kier alpha value is -1.38.